The summed E-state index contributed by atoms with van der Waals surface area (Å²) in [6.45, 7) is 1.80. The molecule has 1 saturated heterocycles. The van der Waals surface area contributed by atoms with E-state index in [1.54, 1.807) is 18.5 Å². The lowest BCUT2D eigenvalue weighted by Gasteiger charge is -2.20. The zero-order valence-corrected chi connectivity index (χ0v) is 17.8. The van der Waals surface area contributed by atoms with E-state index in [-0.39, 0.29) is 5.75 Å². The molecule has 2 aromatic heterocycles. The van der Waals surface area contributed by atoms with E-state index in [1.807, 2.05) is 12.1 Å². The van der Waals surface area contributed by atoms with Gasteiger partial charge in [0.05, 0.1) is 5.56 Å². The lowest BCUT2D eigenvalue weighted by atomic mass is 10.1. The molecule has 3 heterocycles. The van der Waals surface area contributed by atoms with E-state index in [2.05, 4.69) is 24.9 Å². The Labute approximate surface area is 188 Å². The number of pyridine rings is 2. The van der Waals surface area contributed by atoms with Crippen molar-refractivity contribution in [3.05, 3.63) is 66.6 Å². The zero-order valence-electron chi connectivity index (χ0n) is 17.8. The number of nitrogens with zero attached hydrogens (tertiary/aromatic N) is 3. The van der Waals surface area contributed by atoms with Gasteiger partial charge >= 0.3 is 6.36 Å². The second-order valence-corrected chi connectivity index (χ2v) is 7.06. The third-order valence-electron chi connectivity index (χ3n) is 4.85. The van der Waals surface area contributed by atoms with Crippen LogP contribution in [0.5, 0.6) is 5.75 Å². The molecule has 1 fully saturated rings. The van der Waals surface area contributed by atoms with Gasteiger partial charge in [0.25, 0.3) is 5.91 Å². The van der Waals surface area contributed by atoms with Crippen LogP contribution in [0.25, 0.3) is 11.1 Å². The average molecular weight is 460 g/mol. The number of aromatic nitrogens is 2. The number of carbonyl (C=O) groups excluding carboxylic acids is 1. The topological polar surface area (TPSA) is 87.6 Å². The molecule has 1 aliphatic heterocycles. The Hall–Kier alpha value is -3.66. The smallest absolute Gasteiger partial charge is 0.406 e. The van der Waals surface area contributed by atoms with Crippen LogP contribution < -0.4 is 15.0 Å². The number of halogens is 3. The Balaban J connectivity index is 0.00000149. The number of anilines is 2. The van der Waals surface area contributed by atoms with Crippen LogP contribution in [0.1, 0.15) is 23.2 Å². The molecular formula is C23H23F3N4O3. The standard InChI is InChI=1S/C22H19F3N4O2.CH4O/c23-22(24,25)31-18-7-5-17(6-8-18)28-21(30)16-12-19(15-4-3-9-26-13-15)20(27-14-16)29-10-1-2-11-29;1-2/h3-9,12-14H,1-2,10-11H2,(H,28,30);2H,1H3. The summed E-state index contributed by atoms with van der Waals surface area (Å²) in [7, 11) is 1.00. The first kappa shape index (κ1) is 24.0. The van der Waals surface area contributed by atoms with Crippen LogP contribution >= 0.6 is 0 Å². The Bertz CT molecular complexity index is 1050. The maximum absolute atomic E-state index is 12.8. The number of benzene rings is 1. The van der Waals surface area contributed by atoms with Crippen molar-refractivity contribution in [2.45, 2.75) is 19.2 Å². The summed E-state index contributed by atoms with van der Waals surface area (Å²) in [6, 6.07) is 10.4. The van der Waals surface area contributed by atoms with Crippen LogP contribution in [0.15, 0.2) is 61.1 Å². The predicted molar refractivity (Wildman–Crippen MR) is 118 cm³/mol. The summed E-state index contributed by atoms with van der Waals surface area (Å²) >= 11 is 0. The molecule has 1 amide bonds. The van der Waals surface area contributed by atoms with Gasteiger partial charge in [0.1, 0.15) is 11.6 Å². The molecule has 2 N–H and O–H groups in total. The summed E-state index contributed by atoms with van der Waals surface area (Å²) in [5, 5.41) is 9.67. The van der Waals surface area contributed by atoms with Crippen molar-refractivity contribution in [2.75, 3.05) is 30.4 Å². The number of alkyl halides is 3. The zero-order chi connectivity index (χ0) is 23.8. The molecule has 7 nitrogen and oxygen atoms in total. The van der Waals surface area contributed by atoms with E-state index >= 15 is 0 Å². The molecular weight excluding hydrogens is 437 g/mol. The molecule has 0 bridgehead atoms. The van der Waals surface area contributed by atoms with Crippen LogP contribution in [0.4, 0.5) is 24.7 Å². The molecule has 0 saturated carbocycles. The first-order valence-corrected chi connectivity index (χ1v) is 10.2. The third kappa shape index (κ3) is 6.42. The molecule has 3 aromatic rings. The number of aliphatic hydroxyl groups excluding tert-OH is 1. The van der Waals surface area contributed by atoms with Gasteiger partial charge in [-0.2, -0.15) is 0 Å². The largest absolute Gasteiger partial charge is 0.573 e. The molecule has 0 unspecified atom stereocenters. The fourth-order valence-corrected chi connectivity index (χ4v) is 3.44. The molecule has 0 spiro atoms. The summed E-state index contributed by atoms with van der Waals surface area (Å²) in [4.78, 5) is 23.6. The lowest BCUT2D eigenvalue weighted by molar-refractivity contribution is -0.274. The Morgan fingerprint density at radius 1 is 1.09 bits per heavy atom. The van der Waals surface area contributed by atoms with Crippen LogP contribution in [0.2, 0.25) is 0 Å². The molecule has 1 aliphatic rings. The molecule has 1 aromatic carbocycles. The Morgan fingerprint density at radius 3 is 2.39 bits per heavy atom. The van der Waals surface area contributed by atoms with Gasteiger partial charge in [-0.05, 0) is 49.2 Å². The lowest BCUT2D eigenvalue weighted by Crippen LogP contribution is -2.21. The van der Waals surface area contributed by atoms with Gasteiger partial charge < -0.3 is 20.1 Å². The first-order chi connectivity index (χ1) is 15.9. The number of aliphatic hydroxyl groups is 1. The number of nitrogens with one attached hydrogen (secondary N) is 1. The molecule has 174 valence electrons. The van der Waals surface area contributed by atoms with E-state index in [0.717, 1.165) is 62.1 Å². The van der Waals surface area contributed by atoms with Crippen molar-refractivity contribution in [3.8, 4) is 16.9 Å². The van der Waals surface area contributed by atoms with Crippen molar-refractivity contribution in [1.29, 1.82) is 0 Å². The van der Waals surface area contributed by atoms with E-state index in [1.165, 1.54) is 18.3 Å². The minimum atomic E-state index is -4.77. The fourth-order valence-electron chi connectivity index (χ4n) is 3.44. The molecule has 0 aliphatic carbocycles. The van der Waals surface area contributed by atoms with Gasteiger partial charge in [-0.15, -0.1) is 13.2 Å². The van der Waals surface area contributed by atoms with Crippen molar-refractivity contribution in [3.63, 3.8) is 0 Å². The molecule has 33 heavy (non-hydrogen) atoms. The highest BCUT2D eigenvalue weighted by Gasteiger charge is 2.31. The molecule has 0 radical (unpaired) electrons. The molecule has 10 heteroatoms. The normalized spacial score (nSPS) is 13.2. The summed E-state index contributed by atoms with van der Waals surface area (Å²) in [5.41, 5.74) is 2.32. The third-order valence-corrected chi connectivity index (χ3v) is 4.85. The number of ether oxygens (including phenoxy) is 1. The number of hydrogen-bond donors (Lipinski definition) is 2. The van der Waals surface area contributed by atoms with Gasteiger partial charge in [0.15, 0.2) is 0 Å². The highest BCUT2D eigenvalue weighted by molar-refractivity contribution is 6.05. The second-order valence-electron chi connectivity index (χ2n) is 7.06. The number of carbonyl (C=O) groups is 1. The quantitative estimate of drug-likeness (QED) is 0.583. The van der Waals surface area contributed by atoms with Crippen LogP contribution in [0, 0.1) is 0 Å². The summed E-state index contributed by atoms with van der Waals surface area (Å²) < 4.78 is 40.7. The van der Waals surface area contributed by atoms with E-state index in [4.69, 9.17) is 5.11 Å². The van der Waals surface area contributed by atoms with Crippen molar-refractivity contribution in [2.24, 2.45) is 0 Å². The number of hydrogen-bond acceptors (Lipinski definition) is 6. The summed E-state index contributed by atoms with van der Waals surface area (Å²) in [5.74, 6) is 0.0202. The van der Waals surface area contributed by atoms with Crippen LogP contribution in [-0.2, 0) is 0 Å². The van der Waals surface area contributed by atoms with E-state index in [0.29, 0.717) is 11.3 Å². The minimum absolute atomic E-state index is 0.331. The summed E-state index contributed by atoms with van der Waals surface area (Å²) in [6.07, 6.45) is 2.31. The van der Waals surface area contributed by atoms with Gasteiger partial charge in [-0.1, -0.05) is 6.07 Å². The van der Waals surface area contributed by atoms with Crippen molar-refractivity contribution < 1.29 is 27.8 Å². The second kappa shape index (κ2) is 10.8. The molecule has 4 rings (SSSR count). The average Bonchev–Trinajstić information content (AvgIpc) is 3.36. The highest BCUT2D eigenvalue weighted by Crippen LogP contribution is 2.32. The van der Waals surface area contributed by atoms with Crippen molar-refractivity contribution in [1.82, 2.24) is 9.97 Å². The van der Waals surface area contributed by atoms with Crippen LogP contribution in [0.3, 0.4) is 0 Å². The van der Waals surface area contributed by atoms with Gasteiger partial charge in [-0.25, -0.2) is 4.98 Å². The maximum atomic E-state index is 12.8. The highest BCUT2D eigenvalue weighted by atomic mass is 19.4. The number of amides is 1. The van der Waals surface area contributed by atoms with E-state index in [9.17, 15) is 18.0 Å². The Kier molecular flexibility index (Phi) is 7.83. The van der Waals surface area contributed by atoms with Gasteiger partial charge in [-0.3, -0.25) is 9.78 Å². The monoisotopic (exact) mass is 460 g/mol. The van der Waals surface area contributed by atoms with Gasteiger partial charge in [0, 0.05) is 55.6 Å². The SMILES string of the molecule is CO.O=C(Nc1ccc(OC(F)(F)F)cc1)c1cnc(N2CCCC2)c(-c2cccnc2)c1. The van der Waals surface area contributed by atoms with E-state index < -0.39 is 12.3 Å². The molecule has 0 atom stereocenters. The Morgan fingerprint density at radius 2 is 1.79 bits per heavy atom. The fraction of sp³-hybridized carbons (Fsp3) is 0.261. The maximum Gasteiger partial charge on any atom is 0.573 e. The van der Waals surface area contributed by atoms with Crippen molar-refractivity contribution >= 4 is 17.4 Å². The first-order valence-electron chi connectivity index (χ1n) is 10.2. The van der Waals surface area contributed by atoms with Gasteiger partial charge in [0.2, 0.25) is 0 Å². The number of rotatable bonds is 5. The van der Waals surface area contributed by atoms with Crippen LogP contribution in [-0.4, -0.2) is 47.5 Å². The minimum Gasteiger partial charge on any atom is -0.406 e. The predicted octanol–water partition coefficient (Wildman–Crippen LogP) is 4.50.